The molecule has 0 spiro atoms. The maximum atomic E-state index is 13.0. The average Bonchev–Trinajstić information content (AvgIpc) is 2.73. The Kier molecular flexibility index (Phi) is 10.0. The van der Waals surface area contributed by atoms with Crippen molar-refractivity contribution >= 4 is 29.1 Å². The molecule has 3 unspecified atom stereocenters. The molecule has 0 bridgehead atoms. The predicted molar refractivity (Wildman–Crippen MR) is 126 cm³/mol. The largest absolute Gasteiger partial charge is 0.349 e. The zero-order chi connectivity index (χ0) is 22.8. The average molecular weight is 430 g/mol. The van der Waals surface area contributed by atoms with Crippen LogP contribution in [0.5, 0.6) is 0 Å². The Morgan fingerprint density at radius 3 is 1.94 bits per heavy atom. The van der Waals surface area contributed by atoms with Gasteiger partial charge in [-0.1, -0.05) is 53.4 Å². The summed E-state index contributed by atoms with van der Waals surface area (Å²) >= 11 is 0. The smallest absolute Gasteiger partial charge is 0.251 e. The Morgan fingerprint density at radius 2 is 1.42 bits per heavy atom. The minimum atomic E-state index is -0.167. The molecule has 31 heavy (non-hydrogen) atoms. The van der Waals surface area contributed by atoms with Crippen LogP contribution in [0, 0.1) is 11.8 Å². The molecule has 6 heteroatoms. The lowest BCUT2D eigenvalue weighted by Crippen LogP contribution is -2.43. The molecule has 3 amide bonds. The molecule has 1 aromatic carbocycles. The Labute approximate surface area is 186 Å². The number of unbranched alkanes of at least 4 members (excludes halogenated alkanes) is 2. The van der Waals surface area contributed by atoms with Crippen LogP contribution < -0.4 is 16.0 Å². The maximum Gasteiger partial charge on any atom is 0.251 e. The fourth-order valence-electron chi connectivity index (χ4n) is 4.06. The first kappa shape index (κ1) is 24.9. The van der Waals surface area contributed by atoms with E-state index >= 15 is 0 Å². The number of benzene rings is 1. The summed E-state index contributed by atoms with van der Waals surface area (Å²) < 4.78 is 0. The van der Waals surface area contributed by atoms with Gasteiger partial charge in [-0.2, -0.15) is 0 Å². The van der Waals surface area contributed by atoms with Gasteiger partial charge in [0.05, 0.1) is 0 Å². The van der Waals surface area contributed by atoms with Gasteiger partial charge in [-0.15, -0.1) is 0 Å². The standard InChI is InChI=1S/C25H39N3O3/c1-5-7-12-23(29)26-20-14-19(15-21(16-20)27-24(30)13-8-6-2)25(31)28-22-11-9-10-17(3)18(22)4/h14-18,22H,5-13H2,1-4H3,(H,26,29)(H,27,30)(H,28,31). The molecule has 172 valence electrons. The summed E-state index contributed by atoms with van der Waals surface area (Å²) in [5.41, 5.74) is 1.51. The van der Waals surface area contributed by atoms with Crippen molar-refractivity contribution in [2.75, 3.05) is 10.6 Å². The summed E-state index contributed by atoms with van der Waals surface area (Å²) in [6.45, 7) is 8.50. The maximum absolute atomic E-state index is 13.0. The topological polar surface area (TPSA) is 87.3 Å². The molecular formula is C25H39N3O3. The second-order valence-corrected chi connectivity index (χ2v) is 8.95. The van der Waals surface area contributed by atoms with Crippen molar-refractivity contribution in [1.82, 2.24) is 5.32 Å². The van der Waals surface area contributed by atoms with Gasteiger partial charge in [0.2, 0.25) is 11.8 Å². The highest BCUT2D eigenvalue weighted by Crippen LogP contribution is 2.30. The fraction of sp³-hybridized carbons (Fsp3) is 0.640. The second kappa shape index (κ2) is 12.5. The SMILES string of the molecule is CCCCC(=O)Nc1cc(NC(=O)CCCC)cc(C(=O)NC2CCCC(C)C2C)c1. The van der Waals surface area contributed by atoms with Crippen molar-refractivity contribution in [3.63, 3.8) is 0 Å². The third-order valence-electron chi connectivity index (χ3n) is 6.30. The van der Waals surface area contributed by atoms with Gasteiger partial charge >= 0.3 is 0 Å². The molecular weight excluding hydrogens is 390 g/mol. The van der Waals surface area contributed by atoms with Crippen LogP contribution in [0.15, 0.2) is 18.2 Å². The van der Waals surface area contributed by atoms with Crippen LogP contribution in [0.1, 0.15) is 95.8 Å². The number of rotatable bonds is 10. The number of carbonyl (C=O) groups excluding carboxylic acids is 3. The van der Waals surface area contributed by atoms with Crippen molar-refractivity contribution in [3.8, 4) is 0 Å². The van der Waals surface area contributed by atoms with Gasteiger partial charge in [-0.05, 0) is 49.3 Å². The third kappa shape index (κ3) is 8.00. The van der Waals surface area contributed by atoms with Crippen LogP contribution in [0.3, 0.4) is 0 Å². The van der Waals surface area contributed by atoms with Crippen LogP contribution >= 0.6 is 0 Å². The monoisotopic (exact) mass is 429 g/mol. The van der Waals surface area contributed by atoms with E-state index in [1.54, 1.807) is 18.2 Å². The summed E-state index contributed by atoms with van der Waals surface area (Å²) in [5, 5.41) is 8.94. The highest BCUT2D eigenvalue weighted by molar-refractivity contribution is 6.00. The van der Waals surface area contributed by atoms with E-state index in [2.05, 4.69) is 29.8 Å². The first-order valence-electron chi connectivity index (χ1n) is 11.9. The van der Waals surface area contributed by atoms with Crippen LogP contribution in [-0.2, 0) is 9.59 Å². The van der Waals surface area contributed by atoms with Gasteiger partial charge in [0.25, 0.3) is 5.91 Å². The van der Waals surface area contributed by atoms with Crippen molar-refractivity contribution in [2.45, 2.75) is 91.5 Å². The predicted octanol–water partition coefficient (Wildman–Crippen LogP) is 5.50. The van der Waals surface area contributed by atoms with Gasteiger partial charge in [-0.3, -0.25) is 14.4 Å². The number of amides is 3. The molecule has 0 aliphatic heterocycles. The summed E-state index contributed by atoms with van der Waals surface area (Å²) in [6, 6.07) is 5.24. The zero-order valence-electron chi connectivity index (χ0n) is 19.6. The van der Waals surface area contributed by atoms with E-state index in [4.69, 9.17) is 0 Å². The first-order chi connectivity index (χ1) is 14.8. The molecule has 1 aliphatic carbocycles. The quantitative estimate of drug-likeness (QED) is 0.459. The van der Waals surface area contributed by atoms with Gasteiger partial charge in [0.1, 0.15) is 0 Å². The first-order valence-corrected chi connectivity index (χ1v) is 11.9. The summed E-state index contributed by atoms with van der Waals surface area (Å²) in [7, 11) is 0. The number of carbonyl (C=O) groups is 3. The molecule has 0 radical (unpaired) electrons. The van der Waals surface area contributed by atoms with E-state index < -0.39 is 0 Å². The second-order valence-electron chi connectivity index (χ2n) is 8.95. The summed E-state index contributed by atoms with van der Waals surface area (Å²) in [6.07, 6.45) is 7.65. The molecule has 2 rings (SSSR count). The molecule has 1 aliphatic rings. The molecule has 1 aromatic rings. The molecule has 0 heterocycles. The van der Waals surface area contributed by atoms with E-state index in [-0.39, 0.29) is 23.8 Å². The Morgan fingerprint density at radius 1 is 0.871 bits per heavy atom. The van der Waals surface area contributed by atoms with E-state index in [1.807, 2.05) is 13.8 Å². The minimum Gasteiger partial charge on any atom is -0.349 e. The fourth-order valence-corrected chi connectivity index (χ4v) is 4.06. The lowest BCUT2D eigenvalue weighted by molar-refractivity contribution is -0.117. The molecule has 0 aromatic heterocycles. The number of hydrogen-bond donors (Lipinski definition) is 3. The normalized spacial score (nSPS) is 20.7. The van der Waals surface area contributed by atoms with Crippen molar-refractivity contribution in [1.29, 1.82) is 0 Å². The van der Waals surface area contributed by atoms with Crippen LogP contribution in [-0.4, -0.2) is 23.8 Å². The van der Waals surface area contributed by atoms with Gasteiger partial charge in [0, 0.05) is 35.8 Å². The van der Waals surface area contributed by atoms with E-state index in [0.717, 1.165) is 38.5 Å². The molecule has 3 N–H and O–H groups in total. The third-order valence-corrected chi connectivity index (χ3v) is 6.30. The van der Waals surface area contributed by atoms with Crippen molar-refractivity contribution in [3.05, 3.63) is 23.8 Å². The Balaban J connectivity index is 2.19. The summed E-state index contributed by atoms with van der Waals surface area (Å²) in [5.74, 6) is 0.661. The lowest BCUT2D eigenvalue weighted by Gasteiger charge is -2.34. The molecule has 1 fully saturated rings. The van der Waals surface area contributed by atoms with Gasteiger partial charge in [0.15, 0.2) is 0 Å². The Hall–Kier alpha value is -2.37. The number of nitrogens with one attached hydrogen (secondary N) is 3. The molecule has 6 nitrogen and oxygen atoms in total. The van der Waals surface area contributed by atoms with Gasteiger partial charge in [-0.25, -0.2) is 0 Å². The van der Waals surface area contributed by atoms with Crippen LogP contribution in [0.2, 0.25) is 0 Å². The van der Waals surface area contributed by atoms with E-state index in [9.17, 15) is 14.4 Å². The molecule has 3 atom stereocenters. The van der Waals surface area contributed by atoms with E-state index in [0.29, 0.717) is 41.6 Å². The van der Waals surface area contributed by atoms with Gasteiger partial charge < -0.3 is 16.0 Å². The minimum absolute atomic E-state index is 0.0857. The van der Waals surface area contributed by atoms with Crippen molar-refractivity contribution in [2.24, 2.45) is 11.8 Å². The number of hydrogen-bond acceptors (Lipinski definition) is 3. The summed E-state index contributed by atoms with van der Waals surface area (Å²) in [4.78, 5) is 37.5. The van der Waals surface area contributed by atoms with Crippen LogP contribution in [0.4, 0.5) is 11.4 Å². The van der Waals surface area contributed by atoms with Crippen molar-refractivity contribution < 1.29 is 14.4 Å². The highest BCUT2D eigenvalue weighted by atomic mass is 16.2. The molecule has 1 saturated carbocycles. The molecule has 0 saturated heterocycles. The van der Waals surface area contributed by atoms with E-state index in [1.165, 1.54) is 6.42 Å². The lowest BCUT2D eigenvalue weighted by atomic mass is 9.78. The highest BCUT2D eigenvalue weighted by Gasteiger charge is 2.28. The Bertz CT molecular complexity index is 722. The zero-order valence-corrected chi connectivity index (χ0v) is 19.6. The van der Waals surface area contributed by atoms with Crippen LogP contribution in [0.25, 0.3) is 0 Å². The number of anilines is 2.